The summed E-state index contributed by atoms with van der Waals surface area (Å²) in [5, 5.41) is 0. The van der Waals surface area contributed by atoms with Gasteiger partial charge in [0.05, 0.1) is 17.1 Å². The minimum absolute atomic E-state index is 0.0219. The third kappa shape index (κ3) is 10.9. The zero-order chi connectivity index (χ0) is 34.4. The van der Waals surface area contributed by atoms with Gasteiger partial charge in [0, 0.05) is 12.5 Å². The third-order valence-corrected chi connectivity index (χ3v) is 8.60. The lowest BCUT2D eigenvalue weighted by molar-refractivity contribution is -0.116. The number of aryl methyl sites for hydroxylation is 1. The Morgan fingerprint density at radius 3 is 2.19 bits per heavy atom. The second kappa shape index (κ2) is 18.2. The standard InChI is InChI=1S/C35H34FNO5S.2C2H6/c1-25-8-17-33(18-9-25)43(39,40)42-21-20-41-35-19-15-30(28-12-13-28)22-31(35)24-37(26(2)38)34-23-32(36)16-14-29(34)11-10-27-6-4-3-5-7-27;2*1-2/h3-11,14-19,22-23,28H,12-13,20-21,24H2,1-2H3;2*1-2H3/b11-10-;;. The van der Waals surface area contributed by atoms with Crippen molar-refractivity contribution in [1.29, 1.82) is 0 Å². The van der Waals surface area contributed by atoms with Gasteiger partial charge in [0.1, 0.15) is 24.8 Å². The number of hydrogen-bond acceptors (Lipinski definition) is 5. The molecule has 0 unspecified atom stereocenters. The largest absolute Gasteiger partial charge is 0.491 e. The first-order chi connectivity index (χ1) is 22.7. The fourth-order valence-corrected chi connectivity index (χ4v) is 5.67. The van der Waals surface area contributed by atoms with Crippen molar-refractivity contribution in [2.45, 2.75) is 71.7 Å². The second-order valence-corrected chi connectivity index (χ2v) is 12.2. The third-order valence-electron chi connectivity index (χ3n) is 7.27. The van der Waals surface area contributed by atoms with Gasteiger partial charge in [-0.3, -0.25) is 8.98 Å². The van der Waals surface area contributed by atoms with Crippen LogP contribution < -0.4 is 9.64 Å². The zero-order valence-corrected chi connectivity index (χ0v) is 29.0. The van der Waals surface area contributed by atoms with Crippen LogP contribution in [-0.2, 0) is 25.6 Å². The van der Waals surface area contributed by atoms with Crippen LogP contribution in [0.5, 0.6) is 5.75 Å². The highest BCUT2D eigenvalue weighted by molar-refractivity contribution is 7.86. The number of ether oxygens (including phenoxy) is 1. The van der Waals surface area contributed by atoms with Crippen LogP contribution in [0.15, 0.2) is 95.9 Å². The minimum atomic E-state index is -3.93. The lowest BCUT2D eigenvalue weighted by atomic mass is 10.0. The Labute approximate surface area is 280 Å². The highest BCUT2D eigenvalue weighted by Gasteiger charge is 2.26. The summed E-state index contributed by atoms with van der Waals surface area (Å²) in [6.07, 6.45) is 5.98. The maximum Gasteiger partial charge on any atom is 0.297 e. The van der Waals surface area contributed by atoms with E-state index in [1.807, 2.05) is 95.3 Å². The molecule has 250 valence electrons. The van der Waals surface area contributed by atoms with Gasteiger partial charge in [-0.2, -0.15) is 8.42 Å². The molecule has 0 radical (unpaired) electrons. The van der Waals surface area contributed by atoms with Crippen molar-refractivity contribution in [3.63, 3.8) is 0 Å². The van der Waals surface area contributed by atoms with E-state index < -0.39 is 15.9 Å². The van der Waals surface area contributed by atoms with Crippen LogP contribution in [0.2, 0.25) is 0 Å². The lowest BCUT2D eigenvalue weighted by Crippen LogP contribution is -2.29. The Morgan fingerprint density at radius 1 is 0.872 bits per heavy atom. The van der Waals surface area contributed by atoms with Gasteiger partial charge in [0.15, 0.2) is 0 Å². The molecular formula is C39H46FNO5S. The first-order valence-electron chi connectivity index (χ1n) is 16.2. The number of anilines is 1. The average molecular weight is 660 g/mol. The summed E-state index contributed by atoms with van der Waals surface area (Å²) in [5.74, 6) is 0.258. The van der Waals surface area contributed by atoms with Crippen molar-refractivity contribution in [3.05, 3.63) is 125 Å². The van der Waals surface area contributed by atoms with E-state index in [0.717, 1.165) is 35.1 Å². The number of rotatable bonds is 12. The molecule has 1 saturated carbocycles. The van der Waals surface area contributed by atoms with Crippen LogP contribution in [0.3, 0.4) is 0 Å². The van der Waals surface area contributed by atoms with E-state index in [2.05, 4.69) is 0 Å². The second-order valence-electron chi connectivity index (χ2n) is 10.6. The molecular weight excluding hydrogens is 613 g/mol. The van der Waals surface area contributed by atoms with Crippen LogP contribution in [0.1, 0.15) is 81.2 Å². The van der Waals surface area contributed by atoms with E-state index in [-0.39, 0.29) is 30.6 Å². The van der Waals surface area contributed by atoms with Gasteiger partial charge in [-0.05, 0) is 78.8 Å². The molecule has 47 heavy (non-hydrogen) atoms. The van der Waals surface area contributed by atoms with Crippen molar-refractivity contribution in [2.75, 3.05) is 18.1 Å². The number of hydrogen-bond donors (Lipinski definition) is 0. The molecule has 6 nitrogen and oxygen atoms in total. The molecule has 0 N–H and O–H groups in total. The minimum Gasteiger partial charge on any atom is -0.491 e. The van der Waals surface area contributed by atoms with E-state index in [1.54, 1.807) is 18.2 Å². The highest BCUT2D eigenvalue weighted by Crippen LogP contribution is 2.42. The Balaban J connectivity index is 0.00000144. The van der Waals surface area contributed by atoms with Crippen molar-refractivity contribution < 1.29 is 26.5 Å². The molecule has 0 aromatic heterocycles. The molecule has 4 aromatic rings. The van der Waals surface area contributed by atoms with Gasteiger partial charge < -0.3 is 9.64 Å². The molecule has 1 amide bonds. The normalized spacial score (nSPS) is 12.4. The number of carbonyl (C=O) groups excluding carboxylic acids is 1. The Morgan fingerprint density at radius 2 is 1.55 bits per heavy atom. The summed E-state index contributed by atoms with van der Waals surface area (Å²) >= 11 is 0. The van der Waals surface area contributed by atoms with E-state index in [1.165, 1.54) is 36.1 Å². The number of carbonyl (C=O) groups is 1. The van der Waals surface area contributed by atoms with Gasteiger partial charge in [-0.1, -0.05) is 100 Å². The Kier molecular flexibility index (Phi) is 14.4. The quantitative estimate of drug-likeness (QED) is 0.0861. The fraction of sp³-hybridized carbons (Fsp3) is 0.308. The summed E-state index contributed by atoms with van der Waals surface area (Å²) < 4.78 is 50.9. The molecule has 8 heteroatoms. The van der Waals surface area contributed by atoms with Gasteiger partial charge in [-0.25, -0.2) is 4.39 Å². The van der Waals surface area contributed by atoms with Crippen LogP contribution >= 0.6 is 0 Å². The summed E-state index contributed by atoms with van der Waals surface area (Å²) in [4.78, 5) is 14.6. The topological polar surface area (TPSA) is 72.9 Å². The van der Waals surface area contributed by atoms with E-state index in [4.69, 9.17) is 8.92 Å². The van der Waals surface area contributed by atoms with E-state index in [0.29, 0.717) is 22.9 Å². The smallest absolute Gasteiger partial charge is 0.297 e. The summed E-state index contributed by atoms with van der Waals surface area (Å²) in [5.41, 5.74) is 4.94. The van der Waals surface area contributed by atoms with Crippen molar-refractivity contribution >= 4 is 33.9 Å². The molecule has 5 rings (SSSR count). The van der Waals surface area contributed by atoms with Crippen molar-refractivity contribution in [3.8, 4) is 5.75 Å². The number of benzene rings is 4. The molecule has 0 bridgehead atoms. The highest BCUT2D eigenvalue weighted by atomic mass is 32.2. The van der Waals surface area contributed by atoms with E-state index in [9.17, 15) is 17.6 Å². The molecule has 0 heterocycles. The lowest BCUT2D eigenvalue weighted by Gasteiger charge is -2.25. The predicted octanol–water partition coefficient (Wildman–Crippen LogP) is 9.57. The maximum absolute atomic E-state index is 14.5. The molecule has 0 atom stereocenters. The van der Waals surface area contributed by atoms with Crippen molar-refractivity contribution in [1.82, 2.24) is 0 Å². The van der Waals surface area contributed by atoms with E-state index >= 15 is 0 Å². The Bertz CT molecular complexity index is 1720. The molecule has 1 fully saturated rings. The first-order valence-corrected chi connectivity index (χ1v) is 17.6. The first kappa shape index (κ1) is 37.2. The molecule has 0 saturated heterocycles. The van der Waals surface area contributed by atoms with Gasteiger partial charge >= 0.3 is 0 Å². The van der Waals surface area contributed by atoms with Crippen LogP contribution in [0, 0.1) is 12.7 Å². The maximum atomic E-state index is 14.5. The molecule has 1 aliphatic rings. The molecule has 0 aliphatic heterocycles. The SMILES string of the molecule is CC.CC.CC(=O)N(Cc1cc(C2CC2)ccc1OCCOS(=O)(=O)c1ccc(C)cc1)c1cc(F)ccc1/C=C\c1ccccc1. The predicted molar refractivity (Wildman–Crippen MR) is 190 cm³/mol. The fourth-order valence-electron chi connectivity index (χ4n) is 4.78. The summed E-state index contributed by atoms with van der Waals surface area (Å²) in [6, 6.07) is 26.4. The van der Waals surface area contributed by atoms with Crippen molar-refractivity contribution in [2.24, 2.45) is 0 Å². The van der Waals surface area contributed by atoms with Gasteiger partial charge in [-0.15, -0.1) is 0 Å². The molecule has 0 spiro atoms. The number of nitrogens with zero attached hydrogens (tertiary/aromatic N) is 1. The monoisotopic (exact) mass is 659 g/mol. The van der Waals surface area contributed by atoms with Crippen LogP contribution in [0.25, 0.3) is 12.2 Å². The summed E-state index contributed by atoms with van der Waals surface area (Å²) in [7, 11) is -3.93. The van der Waals surface area contributed by atoms with Gasteiger partial charge in [0.2, 0.25) is 5.91 Å². The number of halogens is 1. The Hall–Kier alpha value is -4.27. The zero-order valence-electron chi connectivity index (χ0n) is 28.2. The molecule has 4 aromatic carbocycles. The average Bonchev–Trinajstić information content (AvgIpc) is 3.94. The van der Waals surface area contributed by atoms with Gasteiger partial charge in [0.25, 0.3) is 10.1 Å². The van der Waals surface area contributed by atoms with Crippen LogP contribution in [0.4, 0.5) is 10.1 Å². The summed E-state index contributed by atoms with van der Waals surface area (Å²) in [6.45, 7) is 11.3. The number of amides is 1. The molecule has 1 aliphatic carbocycles. The van der Waals surface area contributed by atoms with Crippen LogP contribution in [-0.4, -0.2) is 27.5 Å².